The molecule has 1 saturated heterocycles. The molecule has 1 aliphatic rings. The van der Waals surface area contributed by atoms with Crippen LogP contribution in [0.4, 0.5) is 0 Å². The van der Waals surface area contributed by atoms with Gasteiger partial charge in [-0.05, 0) is 56.5 Å². The molecule has 0 unspecified atom stereocenters. The highest BCUT2D eigenvalue weighted by Crippen LogP contribution is 2.19. The lowest BCUT2D eigenvalue weighted by Gasteiger charge is -2.30. The fourth-order valence-corrected chi connectivity index (χ4v) is 5.42. The molecular weight excluding hydrogens is 620 g/mol. The minimum atomic E-state index is -1.27. The summed E-state index contributed by atoms with van der Waals surface area (Å²) in [5, 5.41) is 29.1. The van der Waals surface area contributed by atoms with Crippen LogP contribution in [0.5, 0.6) is 0 Å². The number of nitrogens with one attached hydrogen (secondary N) is 4. The first kappa shape index (κ1) is 40.6. The van der Waals surface area contributed by atoms with Gasteiger partial charge in [0.1, 0.15) is 30.2 Å². The van der Waals surface area contributed by atoms with Crippen molar-refractivity contribution in [3.63, 3.8) is 0 Å². The Balaban J connectivity index is 3.12. The van der Waals surface area contributed by atoms with E-state index >= 15 is 0 Å². The molecule has 0 aromatic rings. The molecular formula is C30H52N6O9S. The number of carbonyl (C=O) groups is 7. The van der Waals surface area contributed by atoms with Gasteiger partial charge in [-0.2, -0.15) is 11.8 Å². The molecule has 0 bridgehead atoms. The number of carboxylic acid groups (broad SMARTS) is 2. The molecule has 0 aromatic heterocycles. The number of nitrogens with two attached hydrogens (primary N) is 1. The lowest BCUT2D eigenvalue weighted by Crippen LogP contribution is -2.60. The third kappa shape index (κ3) is 12.4. The van der Waals surface area contributed by atoms with Crippen LogP contribution in [0.1, 0.15) is 79.6 Å². The predicted octanol–water partition coefficient (Wildman–Crippen LogP) is 0.0585. The third-order valence-corrected chi connectivity index (χ3v) is 9.07. The first-order chi connectivity index (χ1) is 21.6. The van der Waals surface area contributed by atoms with Crippen molar-refractivity contribution in [3.8, 4) is 0 Å². The van der Waals surface area contributed by atoms with Crippen molar-refractivity contribution in [3.05, 3.63) is 0 Å². The lowest BCUT2D eigenvalue weighted by molar-refractivity contribution is -0.149. The Morgan fingerprint density at radius 1 is 0.826 bits per heavy atom. The van der Waals surface area contributed by atoms with Crippen LogP contribution >= 0.6 is 11.8 Å². The topological polar surface area (TPSA) is 237 Å². The number of likely N-dealkylation sites (tertiary alicyclic amines) is 1. The van der Waals surface area contributed by atoms with Gasteiger partial charge in [0.15, 0.2) is 0 Å². The van der Waals surface area contributed by atoms with Gasteiger partial charge in [0.25, 0.3) is 0 Å². The minimum absolute atomic E-state index is 0.167. The molecule has 0 aromatic carbocycles. The number of aliphatic carboxylic acids is 2. The van der Waals surface area contributed by atoms with Crippen molar-refractivity contribution in [2.75, 3.05) is 18.6 Å². The second-order valence-electron chi connectivity index (χ2n) is 11.9. The molecule has 0 aliphatic carbocycles. The number of carbonyl (C=O) groups excluding carboxylic acids is 5. The van der Waals surface area contributed by atoms with Crippen LogP contribution in [0.3, 0.4) is 0 Å². The largest absolute Gasteiger partial charge is 0.481 e. The quantitative estimate of drug-likeness (QED) is 0.0913. The Hall–Kier alpha value is -3.40. The zero-order valence-electron chi connectivity index (χ0n) is 27.7. The van der Waals surface area contributed by atoms with E-state index in [9.17, 15) is 43.8 Å². The van der Waals surface area contributed by atoms with Gasteiger partial charge in [-0.15, -0.1) is 0 Å². The summed E-state index contributed by atoms with van der Waals surface area (Å²) in [7, 11) is 0. The van der Waals surface area contributed by atoms with Crippen molar-refractivity contribution in [2.24, 2.45) is 17.6 Å². The van der Waals surface area contributed by atoms with E-state index in [-0.39, 0.29) is 31.2 Å². The van der Waals surface area contributed by atoms with E-state index in [1.165, 1.54) is 23.6 Å². The summed E-state index contributed by atoms with van der Waals surface area (Å²) in [6.07, 6.45) is 3.26. The number of rotatable bonds is 20. The maximum absolute atomic E-state index is 13.6. The van der Waals surface area contributed by atoms with Gasteiger partial charge in [0, 0.05) is 13.0 Å². The first-order valence-corrected chi connectivity index (χ1v) is 17.2. The SMILES string of the molecule is CC[C@H](C)[C@H](N)C(=O)N[C@@H](CCC(=O)O)C(=O)N[C@@H](CCSC)C(=O)N[C@H](C(=O)N[C@@H](C)C(=O)N1CCC[C@H]1C(=O)O)[C@@H](C)CC. The molecule has 15 nitrogen and oxygen atoms in total. The Morgan fingerprint density at radius 2 is 1.39 bits per heavy atom. The highest BCUT2D eigenvalue weighted by atomic mass is 32.2. The summed E-state index contributed by atoms with van der Waals surface area (Å²) in [6, 6.07) is -6.44. The maximum Gasteiger partial charge on any atom is 0.326 e. The van der Waals surface area contributed by atoms with Crippen molar-refractivity contribution >= 4 is 53.2 Å². The van der Waals surface area contributed by atoms with Crippen LogP contribution in [0.2, 0.25) is 0 Å². The number of nitrogens with zero attached hydrogens (tertiary/aromatic N) is 1. The van der Waals surface area contributed by atoms with E-state index in [0.717, 1.165) is 0 Å². The molecule has 1 fully saturated rings. The summed E-state index contributed by atoms with van der Waals surface area (Å²) in [5.41, 5.74) is 6.01. The standard InChI is InChI=1S/C30H52N6O9S/c1-7-16(3)23(31)27(41)34-19(11-12-22(37)38)25(39)33-20(13-15-46-6)26(40)35-24(17(4)8-2)28(42)32-18(5)29(43)36-14-9-10-21(36)30(44)45/h16-21,23-24H,7-15,31H2,1-6H3,(H,32,42)(H,33,39)(H,34,41)(H,35,40)(H,37,38)(H,44,45)/t16-,17-,18-,19-,20-,21-,23-,24-/m0/s1. The molecule has 46 heavy (non-hydrogen) atoms. The number of hydrogen-bond donors (Lipinski definition) is 7. The zero-order valence-corrected chi connectivity index (χ0v) is 28.5. The van der Waals surface area contributed by atoms with Crippen molar-refractivity contribution < 1.29 is 43.8 Å². The number of hydrogen-bond acceptors (Lipinski definition) is 9. The number of carboxylic acids is 2. The van der Waals surface area contributed by atoms with E-state index in [1.807, 2.05) is 20.1 Å². The Morgan fingerprint density at radius 3 is 1.93 bits per heavy atom. The van der Waals surface area contributed by atoms with E-state index in [0.29, 0.717) is 31.4 Å². The van der Waals surface area contributed by atoms with Crippen molar-refractivity contribution in [1.29, 1.82) is 0 Å². The third-order valence-electron chi connectivity index (χ3n) is 8.43. The van der Waals surface area contributed by atoms with Crippen molar-refractivity contribution in [1.82, 2.24) is 26.2 Å². The van der Waals surface area contributed by atoms with Crippen LogP contribution in [-0.2, 0) is 33.6 Å². The van der Waals surface area contributed by atoms with Crippen molar-refractivity contribution in [2.45, 2.75) is 116 Å². The molecule has 1 aliphatic heterocycles. The Kier molecular flexibility index (Phi) is 17.6. The molecule has 8 N–H and O–H groups in total. The Labute approximate surface area is 274 Å². The second kappa shape index (κ2) is 20.0. The van der Waals surface area contributed by atoms with E-state index < -0.39 is 84.1 Å². The normalized spacial score (nSPS) is 19.0. The summed E-state index contributed by atoms with van der Waals surface area (Å²) >= 11 is 1.42. The van der Waals surface area contributed by atoms with Gasteiger partial charge < -0.3 is 42.1 Å². The van der Waals surface area contributed by atoms with Gasteiger partial charge in [-0.1, -0.05) is 40.5 Å². The molecule has 5 amide bonds. The van der Waals surface area contributed by atoms with Crippen LogP contribution in [0.25, 0.3) is 0 Å². The van der Waals surface area contributed by atoms with Crippen LogP contribution in [0.15, 0.2) is 0 Å². The van der Waals surface area contributed by atoms with Gasteiger partial charge >= 0.3 is 11.9 Å². The van der Waals surface area contributed by atoms with Crippen LogP contribution in [0, 0.1) is 11.8 Å². The fraction of sp³-hybridized carbons (Fsp3) is 0.767. The molecule has 1 rings (SSSR count). The molecule has 8 atom stereocenters. The average Bonchev–Trinajstić information content (AvgIpc) is 3.52. The monoisotopic (exact) mass is 672 g/mol. The van der Waals surface area contributed by atoms with E-state index in [1.54, 1.807) is 13.8 Å². The van der Waals surface area contributed by atoms with Crippen LogP contribution in [-0.4, -0.2) is 111 Å². The average molecular weight is 673 g/mol. The van der Waals surface area contributed by atoms with Gasteiger partial charge in [-0.3, -0.25) is 28.8 Å². The lowest BCUT2D eigenvalue weighted by atomic mass is 9.97. The van der Waals surface area contributed by atoms with Crippen LogP contribution < -0.4 is 27.0 Å². The van der Waals surface area contributed by atoms with Gasteiger partial charge in [0.05, 0.1) is 6.04 Å². The van der Waals surface area contributed by atoms with Gasteiger partial charge in [0.2, 0.25) is 29.5 Å². The zero-order chi connectivity index (χ0) is 35.1. The summed E-state index contributed by atoms with van der Waals surface area (Å²) in [4.78, 5) is 90.1. The second-order valence-corrected chi connectivity index (χ2v) is 12.9. The van der Waals surface area contributed by atoms with E-state index in [4.69, 9.17) is 5.73 Å². The Bertz CT molecular complexity index is 1090. The highest BCUT2D eigenvalue weighted by Gasteiger charge is 2.38. The highest BCUT2D eigenvalue weighted by molar-refractivity contribution is 7.98. The molecule has 0 radical (unpaired) electrons. The molecule has 262 valence electrons. The first-order valence-electron chi connectivity index (χ1n) is 15.8. The summed E-state index contributed by atoms with van der Waals surface area (Å²) in [6.45, 7) is 8.91. The number of thioether (sulfide) groups is 1. The van der Waals surface area contributed by atoms with Gasteiger partial charge in [-0.25, -0.2) is 4.79 Å². The molecule has 0 spiro atoms. The maximum atomic E-state index is 13.6. The molecule has 0 saturated carbocycles. The summed E-state index contributed by atoms with van der Waals surface area (Å²) in [5.74, 6) is -5.66. The number of amides is 5. The fourth-order valence-electron chi connectivity index (χ4n) is 4.95. The smallest absolute Gasteiger partial charge is 0.326 e. The predicted molar refractivity (Wildman–Crippen MR) is 173 cm³/mol. The van der Waals surface area contributed by atoms with E-state index in [2.05, 4.69) is 21.3 Å². The molecule has 16 heteroatoms. The summed E-state index contributed by atoms with van der Waals surface area (Å²) < 4.78 is 0. The minimum Gasteiger partial charge on any atom is -0.481 e. The molecule has 1 heterocycles.